The summed E-state index contributed by atoms with van der Waals surface area (Å²) in [4.78, 5) is 0. The summed E-state index contributed by atoms with van der Waals surface area (Å²) in [5, 5.41) is 4.40. The summed E-state index contributed by atoms with van der Waals surface area (Å²) in [5.74, 6) is 0.701. The van der Waals surface area contributed by atoms with Crippen molar-refractivity contribution in [3.8, 4) is 0 Å². The van der Waals surface area contributed by atoms with Gasteiger partial charge in [0, 0.05) is 5.88 Å². The summed E-state index contributed by atoms with van der Waals surface area (Å²) >= 11 is 6.28. The summed E-state index contributed by atoms with van der Waals surface area (Å²) in [6.07, 6.45) is 3.46. The first-order chi connectivity index (χ1) is 14.3. The van der Waals surface area contributed by atoms with Gasteiger partial charge in [-0.2, -0.15) is 0 Å². The Morgan fingerprint density at radius 2 is 0.967 bits per heavy atom. The lowest BCUT2D eigenvalue weighted by Gasteiger charge is -2.36. The molecule has 0 fully saturated rings. The molecule has 3 rings (SSSR count). The Kier molecular flexibility index (Phi) is 7.43. The minimum absolute atomic E-state index is 0.151. The molecule has 0 spiro atoms. The molecule has 0 heterocycles. The van der Waals surface area contributed by atoms with Crippen molar-refractivity contribution in [2.45, 2.75) is 40.5 Å². The summed E-state index contributed by atoms with van der Waals surface area (Å²) in [7, 11) is -1.76. The van der Waals surface area contributed by atoms with Gasteiger partial charge in [0.1, 0.15) is 23.2 Å². The van der Waals surface area contributed by atoms with E-state index in [0.29, 0.717) is 5.88 Å². The van der Waals surface area contributed by atoms with E-state index in [1.54, 1.807) is 0 Å². The highest BCUT2D eigenvalue weighted by molar-refractivity contribution is 7.95. The summed E-state index contributed by atoms with van der Waals surface area (Å²) in [6.45, 7) is 9.40. The highest BCUT2D eigenvalue weighted by atomic mass is 35.5. The number of alkyl halides is 1. The van der Waals surface area contributed by atoms with Crippen molar-refractivity contribution >= 4 is 34.8 Å². The molecule has 0 atom stereocenters. The van der Waals surface area contributed by atoms with Crippen molar-refractivity contribution in [2.75, 3.05) is 12.0 Å². The SMILES string of the molecule is CC(C)(CCl)CC(C)(C)CC[P+](c1ccccc1)(c1ccccc1)c1ccccc1. The van der Waals surface area contributed by atoms with Crippen molar-refractivity contribution in [1.82, 2.24) is 0 Å². The topological polar surface area (TPSA) is 0 Å². The van der Waals surface area contributed by atoms with Crippen LogP contribution in [0.4, 0.5) is 0 Å². The van der Waals surface area contributed by atoms with Gasteiger partial charge in [-0.15, -0.1) is 11.6 Å². The average Bonchev–Trinajstić information content (AvgIpc) is 2.76. The highest BCUT2D eigenvalue weighted by Crippen LogP contribution is 2.57. The first-order valence-corrected chi connectivity index (χ1v) is 13.4. The lowest BCUT2D eigenvalue weighted by atomic mass is 9.75. The number of hydrogen-bond acceptors (Lipinski definition) is 0. The van der Waals surface area contributed by atoms with Crippen LogP contribution < -0.4 is 15.9 Å². The van der Waals surface area contributed by atoms with E-state index in [9.17, 15) is 0 Å². The van der Waals surface area contributed by atoms with Crippen LogP contribution in [0, 0.1) is 10.8 Å². The number of benzene rings is 3. The predicted molar refractivity (Wildman–Crippen MR) is 138 cm³/mol. The molecule has 30 heavy (non-hydrogen) atoms. The van der Waals surface area contributed by atoms with Gasteiger partial charge < -0.3 is 0 Å². The fourth-order valence-electron chi connectivity index (χ4n) is 4.78. The standard InChI is InChI=1S/C28H35ClP/c1-27(2,22-28(3,4)23-29)20-21-30(24-14-8-5-9-15-24,25-16-10-6-11-17-25)26-18-12-7-13-19-26/h5-19H,20-23H2,1-4H3/q+1. The minimum atomic E-state index is -1.76. The first kappa shape index (κ1) is 23.1. The second kappa shape index (κ2) is 9.67. The molecule has 0 radical (unpaired) electrons. The van der Waals surface area contributed by atoms with Gasteiger partial charge in [0.15, 0.2) is 0 Å². The lowest BCUT2D eigenvalue weighted by Crippen LogP contribution is -2.35. The van der Waals surface area contributed by atoms with E-state index in [0.717, 1.165) is 12.6 Å². The molecule has 158 valence electrons. The third kappa shape index (κ3) is 5.35. The molecule has 0 nitrogen and oxygen atoms in total. The Morgan fingerprint density at radius 1 is 0.600 bits per heavy atom. The second-order valence-electron chi connectivity index (χ2n) is 9.93. The van der Waals surface area contributed by atoms with Crippen molar-refractivity contribution < 1.29 is 0 Å². The van der Waals surface area contributed by atoms with Gasteiger partial charge in [-0.05, 0) is 60.1 Å². The third-order valence-corrected chi connectivity index (χ3v) is 11.2. The normalized spacial score (nSPS) is 12.7. The first-order valence-electron chi connectivity index (χ1n) is 10.9. The van der Waals surface area contributed by atoms with Gasteiger partial charge >= 0.3 is 0 Å². The predicted octanol–water partition coefficient (Wildman–Crippen LogP) is 7.05. The maximum atomic E-state index is 6.28. The third-order valence-electron chi connectivity index (χ3n) is 6.03. The van der Waals surface area contributed by atoms with Crippen LogP contribution in [0.2, 0.25) is 0 Å². The maximum absolute atomic E-state index is 6.28. The lowest BCUT2D eigenvalue weighted by molar-refractivity contribution is 0.210. The van der Waals surface area contributed by atoms with E-state index in [2.05, 4.69) is 119 Å². The van der Waals surface area contributed by atoms with Gasteiger partial charge in [0.25, 0.3) is 0 Å². The van der Waals surface area contributed by atoms with Crippen LogP contribution in [0.15, 0.2) is 91.0 Å². The molecule has 2 heteroatoms. The minimum Gasteiger partial charge on any atom is -0.126 e. The number of hydrogen-bond donors (Lipinski definition) is 0. The molecule has 0 bridgehead atoms. The van der Waals surface area contributed by atoms with Gasteiger partial charge in [0.2, 0.25) is 0 Å². The van der Waals surface area contributed by atoms with Crippen LogP contribution in [0.1, 0.15) is 40.5 Å². The van der Waals surface area contributed by atoms with Crippen LogP contribution in [0.3, 0.4) is 0 Å². The number of rotatable bonds is 9. The van der Waals surface area contributed by atoms with Crippen LogP contribution >= 0.6 is 18.9 Å². The fourth-order valence-corrected chi connectivity index (χ4v) is 9.53. The maximum Gasteiger partial charge on any atom is 0.112 e. The zero-order valence-electron chi connectivity index (χ0n) is 18.8. The Labute approximate surface area is 189 Å². The van der Waals surface area contributed by atoms with Crippen molar-refractivity contribution in [2.24, 2.45) is 10.8 Å². The molecule has 0 aliphatic rings. The summed E-state index contributed by atoms with van der Waals surface area (Å²) in [6, 6.07) is 33.6. The molecule has 0 aliphatic heterocycles. The Balaban J connectivity index is 2.10. The average molecular weight is 438 g/mol. The zero-order valence-corrected chi connectivity index (χ0v) is 20.5. The van der Waals surface area contributed by atoms with Crippen LogP contribution in [0.5, 0.6) is 0 Å². The molecular formula is C28H35ClP+. The molecular weight excluding hydrogens is 403 g/mol. The molecule has 0 amide bonds. The Morgan fingerprint density at radius 3 is 1.30 bits per heavy atom. The van der Waals surface area contributed by atoms with E-state index >= 15 is 0 Å². The van der Waals surface area contributed by atoms with E-state index in [-0.39, 0.29) is 10.8 Å². The van der Waals surface area contributed by atoms with Gasteiger partial charge in [-0.3, -0.25) is 0 Å². The highest BCUT2D eigenvalue weighted by Gasteiger charge is 2.46. The van der Waals surface area contributed by atoms with Crippen LogP contribution in [0.25, 0.3) is 0 Å². The largest absolute Gasteiger partial charge is 0.126 e. The summed E-state index contributed by atoms with van der Waals surface area (Å²) < 4.78 is 0. The molecule has 0 N–H and O–H groups in total. The fraction of sp³-hybridized carbons (Fsp3) is 0.357. The van der Waals surface area contributed by atoms with Gasteiger partial charge in [0.05, 0.1) is 6.16 Å². The monoisotopic (exact) mass is 437 g/mol. The molecule has 0 unspecified atom stereocenters. The zero-order chi connectivity index (χ0) is 21.7. The van der Waals surface area contributed by atoms with Crippen molar-refractivity contribution in [3.63, 3.8) is 0 Å². The van der Waals surface area contributed by atoms with E-state index in [1.165, 1.54) is 22.3 Å². The van der Waals surface area contributed by atoms with Gasteiger partial charge in [-0.25, -0.2) is 0 Å². The van der Waals surface area contributed by atoms with Crippen LogP contribution in [-0.2, 0) is 0 Å². The van der Waals surface area contributed by atoms with E-state index < -0.39 is 7.26 Å². The summed E-state index contributed by atoms with van der Waals surface area (Å²) in [5.41, 5.74) is 0.375. The smallest absolute Gasteiger partial charge is 0.112 e. The van der Waals surface area contributed by atoms with E-state index in [4.69, 9.17) is 11.6 Å². The van der Waals surface area contributed by atoms with Gasteiger partial charge in [-0.1, -0.05) is 82.3 Å². The van der Waals surface area contributed by atoms with Crippen molar-refractivity contribution in [1.29, 1.82) is 0 Å². The molecule has 0 saturated heterocycles. The van der Waals surface area contributed by atoms with E-state index in [1.807, 2.05) is 0 Å². The molecule has 0 aliphatic carbocycles. The molecule has 0 saturated carbocycles. The van der Waals surface area contributed by atoms with Crippen molar-refractivity contribution in [3.05, 3.63) is 91.0 Å². The number of halogens is 1. The Bertz CT molecular complexity index is 804. The Hall–Kier alpha value is -1.62. The molecule has 3 aromatic rings. The van der Waals surface area contributed by atoms with Crippen LogP contribution in [-0.4, -0.2) is 12.0 Å². The molecule has 0 aromatic heterocycles. The second-order valence-corrected chi connectivity index (χ2v) is 13.8. The quantitative estimate of drug-likeness (QED) is 0.248. The molecule has 3 aromatic carbocycles.